The molecule has 0 aliphatic carbocycles. The highest BCUT2D eigenvalue weighted by Crippen LogP contribution is 2.48. The Morgan fingerprint density at radius 2 is 1.85 bits per heavy atom. The molecule has 2 aromatic rings. The summed E-state index contributed by atoms with van der Waals surface area (Å²) in [6, 6.07) is 18.2. The van der Waals surface area contributed by atoms with Crippen LogP contribution in [0.25, 0.3) is 0 Å². The van der Waals surface area contributed by atoms with Crippen LogP contribution in [0.15, 0.2) is 54.6 Å². The molecule has 1 aliphatic rings. The second-order valence-electron chi connectivity index (χ2n) is 6.60. The predicted octanol–water partition coefficient (Wildman–Crippen LogP) is 5.10. The van der Waals surface area contributed by atoms with Gasteiger partial charge in [-0.1, -0.05) is 90.3 Å². The number of hydrogen-bond acceptors (Lipinski definition) is 3. The molecule has 0 fully saturated rings. The molecule has 0 bridgehead atoms. The summed E-state index contributed by atoms with van der Waals surface area (Å²) in [7, 11) is 0. The summed E-state index contributed by atoms with van der Waals surface area (Å²) in [5, 5.41) is 2.76. The second kappa shape index (κ2) is 8.17. The van der Waals surface area contributed by atoms with Crippen molar-refractivity contribution in [2.24, 2.45) is 5.92 Å². The van der Waals surface area contributed by atoms with Crippen LogP contribution in [-0.2, 0) is 10.2 Å². The molecule has 0 saturated heterocycles. The molecule has 0 radical (unpaired) electrons. The topological polar surface area (TPSA) is 47.6 Å². The minimum Gasteiger partial charge on any atom is -0.492 e. The van der Waals surface area contributed by atoms with E-state index in [4.69, 9.17) is 44.3 Å². The Labute approximate surface area is 173 Å². The molecule has 1 N–H and O–H groups in total. The summed E-state index contributed by atoms with van der Waals surface area (Å²) < 4.78 is 9.31. The first kappa shape index (κ1) is 20.1. The van der Waals surface area contributed by atoms with Crippen molar-refractivity contribution in [1.29, 1.82) is 0 Å². The SMILES string of the molecule is CC(CNC(=O)OCC(Cl)(Cl)Cl)C1(c2ccccc2)COc2ccccc21. The highest BCUT2D eigenvalue weighted by atomic mass is 35.6. The lowest BCUT2D eigenvalue weighted by Gasteiger charge is -2.35. The fourth-order valence-electron chi connectivity index (χ4n) is 3.51. The number of alkyl halides is 3. The zero-order valence-electron chi connectivity index (χ0n) is 14.8. The number of ether oxygens (including phenoxy) is 2. The van der Waals surface area contributed by atoms with Crippen molar-refractivity contribution < 1.29 is 14.3 Å². The van der Waals surface area contributed by atoms with Crippen molar-refractivity contribution in [2.45, 2.75) is 16.1 Å². The number of carbonyl (C=O) groups is 1. The van der Waals surface area contributed by atoms with E-state index in [1.807, 2.05) is 36.4 Å². The maximum Gasteiger partial charge on any atom is 0.407 e. The van der Waals surface area contributed by atoms with E-state index in [9.17, 15) is 4.79 Å². The van der Waals surface area contributed by atoms with Gasteiger partial charge in [0.2, 0.25) is 3.79 Å². The number of alkyl carbamates (subject to hydrolysis) is 1. The summed E-state index contributed by atoms with van der Waals surface area (Å²) in [5.74, 6) is 0.899. The Bertz CT molecular complexity index is 795. The normalized spacial score (nSPS) is 19.7. The van der Waals surface area contributed by atoms with E-state index in [-0.39, 0.29) is 17.9 Å². The van der Waals surface area contributed by atoms with Crippen LogP contribution in [0.4, 0.5) is 4.79 Å². The van der Waals surface area contributed by atoms with Gasteiger partial charge in [-0.15, -0.1) is 0 Å². The molecule has 4 nitrogen and oxygen atoms in total. The van der Waals surface area contributed by atoms with E-state index >= 15 is 0 Å². The molecule has 3 rings (SSSR count). The monoisotopic (exact) mass is 427 g/mol. The Balaban J connectivity index is 1.80. The Kier molecular flexibility index (Phi) is 6.09. The van der Waals surface area contributed by atoms with Crippen molar-refractivity contribution in [1.82, 2.24) is 5.32 Å². The van der Waals surface area contributed by atoms with Crippen molar-refractivity contribution in [3.8, 4) is 5.75 Å². The molecular formula is C20H20Cl3NO3. The Morgan fingerprint density at radius 3 is 2.56 bits per heavy atom. The fraction of sp³-hybridized carbons (Fsp3) is 0.350. The van der Waals surface area contributed by atoms with Crippen molar-refractivity contribution >= 4 is 40.9 Å². The summed E-state index contributed by atoms with van der Waals surface area (Å²) in [5.41, 5.74) is 1.87. The summed E-state index contributed by atoms with van der Waals surface area (Å²) in [6.45, 7) is 2.65. The number of hydrogen-bond donors (Lipinski definition) is 1. The molecule has 7 heteroatoms. The van der Waals surface area contributed by atoms with Gasteiger partial charge in [-0.25, -0.2) is 4.79 Å². The highest BCUT2D eigenvalue weighted by molar-refractivity contribution is 6.67. The van der Waals surface area contributed by atoms with Gasteiger partial charge in [-0.2, -0.15) is 0 Å². The molecule has 0 saturated carbocycles. The van der Waals surface area contributed by atoms with Gasteiger partial charge in [0.25, 0.3) is 0 Å². The first-order valence-electron chi connectivity index (χ1n) is 8.58. The predicted molar refractivity (Wildman–Crippen MR) is 108 cm³/mol. The summed E-state index contributed by atoms with van der Waals surface area (Å²) >= 11 is 16.8. The lowest BCUT2D eigenvalue weighted by atomic mass is 9.67. The van der Waals surface area contributed by atoms with Crippen LogP contribution in [0.1, 0.15) is 18.1 Å². The third-order valence-electron chi connectivity index (χ3n) is 4.87. The van der Waals surface area contributed by atoms with Crippen LogP contribution in [0.3, 0.4) is 0 Å². The van der Waals surface area contributed by atoms with E-state index in [1.165, 1.54) is 0 Å². The maximum absolute atomic E-state index is 12.0. The van der Waals surface area contributed by atoms with Crippen LogP contribution >= 0.6 is 34.8 Å². The molecule has 2 unspecified atom stereocenters. The third-order valence-corrected chi connectivity index (χ3v) is 5.20. The van der Waals surface area contributed by atoms with Crippen molar-refractivity contribution in [3.63, 3.8) is 0 Å². The lowest BCUT2D eigenvalue weighted by Crippen LogP contribution is -2.43. The molecule has 1 heterocycles. The molecule has 0 spiro atoms. The van der Waals surface area contributed by atoms with Crippen LogP contribution < -0.4 is 10.1 Å². The summed E-state index contributed by atoms with van der Waals surface area (Å²) in [4.78, 5) is 12.0. The minimum absolute atomic E-state index is 0.0314. The molecule has 0 aromatic heterocycles. The molecule has 1 amide bonds. The Morgan fingerprint density at radius 1 is 1.19 bits per heavy atom. The van der Waals surface area contributed by atoms with Gasteiger partial charge < -0.3 is 14.8 Å². The molecule has 27 heavy (non-hydrogen) atoms. The molecule has 1 aliphatic heterocycles. The van der Waals surface area contributed by atoms with Gasteiger partial charge in [0.1, 0.15) is 19.0 Å². The van der Waals surface area contributed by atoms with Crippen LogP contribution in [0.2, 0.25) is 0 Å². The quantitative estimate of drug-likeness (QED) is 0.674. The van der Waals surface area contributed by atoms with E-state index < -0.39 is 9.89 Å². The van der Waals surface area contributed by atoms with Crippen molar-refractivity contribution in [3.05, 3.63) is 65.7 Å². The third kappa shape index (κ3) is 4.45. The van der Waals surface area contributed by atoms with E-state index in [0.29, 0.717) is 13.2 Å². The first-order chi connectivity index (χ1) is 12.8. The lowest BCUT2D eigenvalue weighted by molar-refractivity contribution is 0.143. The van der Waals surface area contributed by atoms with Crippen LogP contribution in [0, 0.1) is 5.92 Å². The van der Waals surface area contributed by atoms with Gasteiger partial charge in [0.15, 0.2) is 0 Å². The summed E-state index contributed by atoms with van der Waals surface area (Å²) in [6.07, 6.45) is -0.622. The van der Waals surface area contributed by atoms with E-state index in [0.717, 1.165) is 16.9 Å². The Hall–Kier alpha value is -1.62. The van der Waals surface area contributed by atoms with Gasteiger partial charge in [0.05, 0.1) is 5.41 Å². The number of carbonyl (C=O) groups excluding carboxylic acids is 1. The number of nitrogens with one attached hydrogen (secondary N) is 1. The highest BCUT2D eigenvalue weighted by Gasteiger charge is 2.46. The van der Waals surface area contributed by atoms with Gasteiger partial charge in [0, 0.05) is 12.1 Å². The second-order valence-corrected chi connectivity index (χ2v) is 9.11. The number of fused-ring (bicyclic) bond motifs is 1. The number of benzene rings is 2. The number of para-hydroxylation sites is 1. The first-order valence-corrected chi connectivity index (χ1v) is 9.71. The maximum atomic E-state index is 12.0. The standard InChI is InChI=1S/C20H20Cl3NO3/c1-14(11-24-18(25)27-13-20(21,22)23)19(15-7-3-2-4-8-15)12-26-17-10-6-5-9-16(17)19/h2-10,14H,11-13H2,1H3,(H,24,25). The largest absolute Gasteiger partial charge is 0.492 e. The number of rotatable bonds is 5. The van der Waals surface area contributed by atoms with Crippen molar-refractivity contribution in [2.75, 3.05) is 19.8 Å². The molecule has 2 atom stereocenters. The smallest absolute Gasteiger partial charge is 0.407 e. The zero-order chi connectivity index (χ0) is 19.5. The van der Waals surface area contributed by atoms with E-state index in [2.05, 4.69) is 30.4 Å². The van der Waals surface area contributed by atoms with Crippen LogP contribution in [0.5, 0.6) is 5.75 Å². The van der Waals surface area contributed by atoms with Crippen LogP contribution in [-0.4, -0.2) is 29.6 Å². The fourth-order valence-corrected chi connectivity index (χ4v) is 3.67. The molecule has 2 aromatic carbocycles. The van der Waals surface area contributed by atoms with Gasteiger partial charge >= 0.3 is 6.09 Å². The zero-order valence-corrected chi connectivity index (χ0v) is 17.0. The number of amides is 1. The number of halogens is 3. The van der Waals surface area contributed by atoms with E-state index in [1.54, 1.807) is 0 Å². The molecular weight excluding hydrogens is 409 g/mol. The average molecular weight is 429 g/mol. The van der Waals surface area contributed by atoms with Gasteiger partial charge in [-0.05, 0) is 17.5 Å². The average Bonchev–Trinajstić information content (AvgIpc) is 3.05. The minimum atomic E-state index is -1.63. The molecule has 144 valence electrons. The van der Waals surface area contributed by atoms with Gasteiger partial charge in [-0.3, -0.25) is 0 Å².